The largest absolute Gasteiger partial charge is 0.423 e. The average molecular weight is 563 g/mol. The highest BCUT2D eigenvalue weighted by Gasteiger charge is 2.49. The van der Waals surface area contributed by atoms with Crippen LogP contribution >= 0.6 is 0 Å². The van der Waals surface area contributed by atoms with Crippen LogP contribution in [0.5, 0.6) is 0 Å². The first-order valence-electron chi connectivity index (χ1n) is 14.1. The molecule has 6 nitrogen and oxygen atoms in total. The van der Waals surface area contributed by atoms with Gasteiger partial charge >= 0.3 is 6.18 Å². The molecule has 0 saturated carbocycles. The summed E-state index contributed by atoms with van der Waals surface area (Å²) in [7, 11) is 0. The van der Waals surface area contributed by atoms with E-state index in [2.05, 4.69) is 15.1 Å². The van der Waals surface area contributed by atoms with E-state index in [1.807, 2.05) is 73.7 Å². The van der Waals surface area contributed by atoms with Crippen molar-refractivity contribution in [2.24, 2.45) is 0 Å². The van der Waals surface area contributed by atoms with Gasteiger partial charge in [0.1, 0.15) is 17.5 Å². The topological polar surface area (TPSA) is 61.6 Å². The monoisotopic (exact) mass is 562 g/mol. The van der Waals surface area contributed by atoms with E-state index in [1.54, 1.807) is 0 Å². The molecule has 0 radical (unpaired) electrons. The van der Waals surface area contributed by atoms with Crippen molar-refractivity contribution in [3.8, 4) is 11.1 Å². The van der Waals surface area contributed by atoms with Gasteiger partial charge in [0, 0.05) is 26.2 Å². The van der Waals surface area contributed by atoms with E-state index in [0.717, 1.165) is 78.1 Å². The number of aromatic nitrogens is 1. The van der Waals surface area contributed by atoms with Crippen molar-refractivity contribution >= 4 is 23.0 Å². The first-order valence-corrected chi connectivity index (χ1v) is 14.1. The van der Waals surface area contributed by atoms with Gasteiger partial charge in [0.2, 0.25) is 5.91 Å². The fraction of sp³-hybridized carbons (Fsp3) is 0.375. The number of rotatable bonds is 8. The van der Waals surface area contributed by atoms with Gasteiger partial charge < -0.3 is 14.6 Å². The minimum absolute atomic E-state index is 0.437. The van der Waals surface area contributed by atoms with E-state index in [-0.39, 0.29) is 0 Å². The molecule has 214 valence electrons. The van der Waals surface area contributed by atoms with Crippen LogP contribution in [0.25, 0.3) is 22.2 Å². The van der Waals surface area contributed by atoms with Crippen molar-refractivity contribution in [3.05, 3.63) is 83.4 Å². The lowest BCUT2D eigenvalue weighted by molar-refractivity contribution is -0.141. The Hall–Kier alpha value is -3.85. The van der Waals surface area contributed by atoms with Crippen LogP contribution in [0.3, 0.4) is 0 Å². The number of nitrogens with one attached hydrogen (secondary N) is 1. The zero-order valence-electron chi connectivity index (χ0n) is 23.0. The molecule has 1 fully saturated rings. The lowest BCUT2D eigenvalue weighted by Gasteiger charge is -2.34. The number of anilines is 1. The lowest BCUT2D eigenvalue weighted by Crippen LogP contribution is -2.47. The van der Waals surface area contributed by atoms with Gasteiger partial charge in [-0.2, -0.15) is 18.2 Å². The Morgan fingerprint density at radius 3 is 2.22 bits per heavy atom. The molecule has 1 aromatic heterocycles. The summed E-state index contributed by atoms with van der Waals surface area (Å²) in [5.41, 5.74) is 5.02. The molecule has 4 aromatic rings. The van der Waals surface area contributed by atoms with Gasteiger partial charge in [-0.15, -0.1) is 0 Å². The number of alkyl halides is 3. The fourth-order valence-electron chi connectivity index (χ4n) is 6.38. The van der Waals surface area contributed by atoms with E-state index in [1.165, 1.54) is 0 Å². The summed E-state index contributed by atoms with van der Waals surface area (Å²) in [6.45, 7) is 4.86. The summed E-state index contributed by atoms with van der Waals surface area (Å²) in [6.07, 6.45) is -2.51. The Bertz CT molecular complexity index is 1510. The number of amides is 1. The quantitative estimate of drug-likeness (QED) is 0.264. The third-order valence-electron chi connectivity index (χ3n) is 8.43. The van der Waals surface area contributed by atoms with Crippen molar-refractivity contribution in [3.63, 3.8) is 0 Å². The highest BCUT2D eigenvalue weighted by molar-refractivity contribution is 6.00. The molecule has 0 bridgehead atoms. The van der Waals surface area contributed by atoms with Crippen LogP contribution in [0.4, 0.5) is 19.2 Å². The number of hydrogen-bond donors (Lipinski definition) is 1. The van der Waals surface area contributed by atoms with Crippen molar-refractivity contribution in [2.45, 2.75) is 37.8 Å². The molecule has 9 heteroatoms. The van der Waals surface area contributed by atoms with Crippen LogP contribution < -0.4 is 10.2 Å². The molecule has 2 heterocycles. The van der Waals surface area contributed by atoms with Crippen LogP contribution in [0.2, 0.25) is 0 Å². The van der Waals surface area contributed by atoms with Crippen molar-refractivity contribution < 1.29 is 22.4 Å². The molecular formula is C32H33F3N4O2. The number of piperazine rings is 1. The van der Waals surface area contributed by atoms with E-state index < -0.39 is 24.0 Å². The second kappa shape index (κ2) is 10.9. The third kappa shape index (κ3) is 5.19. The summed E-state index contributed by atoms with van der Waals surface area (Å²) in [6, 6.07) is 21.8. The van der Waals surface area contributed by atoms with E-state index in [9.17, 15) is 18.0 Å². The third-order valence-corrected chi connectivity index (χ3v) is 8.43. The molecule has 1 amide bonds. The first-order chi connectivity index (χ1) is 19.8. The van der Waals surface area contributed by atoms with Gasteiger partial charge in [-0.05, 0) is 60.2 Å². The van der Waals surface area contributed by atoms with Crippen LogP contribution in [0, 0.1) is 6.92 Å². The van der Waals surface area contributed by atoms with E-state index in [4.69, 9.17) is 9.40 Å². The second-order valence-electron chi connectivity index (χ2n) is 11.0. The maximum atomic E-state index is 13.6. The van der Waals surface area contributed by atoms with Crippen molar-refractivity contribution in [1.82, 2.24) is 15.2 Å². The predicted molar refractivity (Wildman–Crippen MR) is 153 cm³/mol. The minimum atomic E-state index is -4.48. The van der Waals surface area contributed by atoms with Crippen molar-refractivity contribution in [1.29, 1.82) is 0 Å². The molecule has 1 saturated heterocycles. The van der Waals surface area contributed by atoms with Crippen LogP contribution in [0.15, 0.2) is 71.1 Å². The number of nitrogens with zero attached hydrogens (tertiary/aromatic N) is 3. The number of benzene rings is 3. The molecule has 41 heavy (non-hydrogen) atoms. The molecule has 3 aromatic carbocycles. The molecule has 0 atom stereocenters. The Balaban J connectivity index is 1.12. The maximum Gasteiger partial charge on any atom is 0.405 e. The molecule has 1 N–H and O–H groups in total. The number of unbranched alkanes of at least 4 members (excludes halogenated alkanes) is 1. The van der Waals surface area contributed by atoms with Gasteiger partial charge in [0.15, 0.2) is 5.58 Å². The minimum Gasteiger partial charge on any atom is -0.423 e. The smallest absolute Gasteiger partial charge is 0.405 e. The number of carbonyl (C=O) groups is 1. The Kier molecular flexibility index (Phi) is 7.23. The number of para-hydroxylation sites is 1. The number of fused-ring (bicyclic) bond motifs is 4. The lowest BCUT2D eigenvalue weighted by atomic mass is 9.73. The highest BCUT2D eigenvalue weighted by atomic mass is 19.4. The summed E-state index contributed by atoms with van der Waals surface area (Å²) in [5.74, 6) is -0.589. The van der Waals surface area contributed by atoms with Crippen LogP contribution in [-0.4, -0.2) is 61.2 Å². The van der Waals surface area contributed by atoms with E-state index in [0.29, 0.717) is 18.9 Å². The number of oxazole rings is 1. The summed E-state index contributed by atoms with van der Waals surface area (Å²) >= 11 is 0. The number of hydrogen-bond acceptors (Lipinski definition) is 5. The molecule has 0 unspecified atom stereocenters. The first kappa shape index (κ1) is 27.3. The van der Waals surface area contributed by atoms with Crippen LogP contribution in [-0.2, 0) is 10.2 Å². The van der Waals surface area contributed by atoms with Gasteiger partial charge in [0.05, 0.1) is 0 Å². The number of aryl methyl sites for hydroxylation is 1. The molecular weight excluding hydrogens is 529 g/mol. The summed E-state index contributed by atoms with van der Waals surface area (Å²) in [5, 5.41) is 2.22. The predicted octanol–water partition coefficient (Wildman–Crippen LogP) is 6.07. The van der Waals surface area contributed by atoms with Gasteiger partial charge in [0.25, 0.3) is 6.01 Å². The summed E-state index contributed by atoms with van der Waals surface area (Å²) in [4.78, 5) is 22.9. The maximum absolute atomic E-state index is 13.6. The van der Waals surface area contributed by atoms with Gasteiger partial charge in [-0.3, -0.25) is 9.69 Å². The highest BCUT2D eigenvalue weighted by Crippen LogP contribution is 2.51. The SMILES string of the molecule is Cc1cccc2oc(N3CCN(CCCCC4(C(=O)NCC(F)(F)F)c5ccccc5-c5ccccc54)CC3)nc12. The number of carbonyl (C=O) groups excluding carboxylic acids is 1. The fourth-order valence-corrected chi connectivity index (χ4v) is 6.38. The summed E-state index contributed by atoms with van der Waals surface area (Å²) < 4.78 is 45.3. The Morgan fingerprint density at radius 2 is 1.59 bits per heavy atom. The Labute approximate surface area is 237 Å². The van der Waals surface area contributed by atoms with Crippen LogP contribution in [0.1, 0.15) is 36.0 Å². The van der Waals surface area contributed by atoms with Gasteiger partial charge in [-0.1, -0.05) is 67.1 Å². The second-order valence-corrected chi connectivity index (χ2v) is 11.0. The van der Waals surface area contributed by atoms with E-state index >= 15 is 0 Å². The molecule has 1 aliphatic carbocycles. The molecule has 1 aliphatic heterocycles. The number of halogens is 3. The standard InChI is InChI=1S/C32H33F3N4O2/c1-22-9-8-14-27-28(22)37-30(41-27)39-19-17-38(18-20-39)16-7-6-15-31(29(40)36-21-32(33,34)35)25-12-4-2-10-23(25)24-11-3-5-13-26(24)31/h2-5,8-14H,6-7,15-21H2,1H3,(H,36,40). The zero-order valence-corrected chi connectivity index (χ0v) is 23.0. The molecule has 6 rings (SSSR count). The normalized spacial score (nSPS) is 16.5. The molecule has 0 spiro atoms. The average Bonchev–Trinajstić information content (AvgIpc) is 3.54. The Morgan fingerprint density at radius 1 is 0.927 bits per heavy atom. The van der Waals surface area contributed by atoms with Gasteiger partial charge in [-0.25, -0.2) is 0 Å². The molecule has 2 aliphatic rings. The zero-order chi connectivity index (χ0) is 28.6. The van der Waals surface area contributed by atoms with Crippen molar-refractivity contribution in [2.75, 3.05) is 44.2 Å².